The summed E-state index contributed by atoms with van der Waals surface area (Å²) in [6.45, 7) is 0. The molecule has 0 amide bonds. The van der Waals surface area contributed by atoms with Crippen molar-refractivity contribution in [3.05, 3.63) is 39.3 Å². The third-order valence-corrected chi connectivity index (χ3v) is 2.60. The van der Waals surface area contributed by atoms with Crippen LogP contribution in [0.25, 0.3) is 0 Å². The first-order valence-corrected chi connectivity index (χ1v) is 5.28. The van der Waals surface area contributed by atoms with E-state index in [0.717, 1.165) is 29.9 Å². The fourth-order valence-corrected chi connectivity index (χ4v) is 1.67. The molecule has 1 heterocycles. The van der Waals surface area contributed by atoms with Crippen molar-refractivity contribution in [2.24, 2.45) is 0 Å². The van der Waals surface area contributed by atoms with Gasteiger partial charge in [0.2, 0.25) is 10.9 Å². The van der Waals surface area contributed by atoms with Crippen molar-refractivity contribution in [1.82, 2.24) is 8.75 Å². The van der Waals surface area contributed by atoms with Gasteiger partial charge < -0.3 is 4.74 Å². The smallest absolute Gasteiger partial charge is 0.311 e. The van der Waals surface area contributed by atoms with Gasteiger partial charge in [-0.2, -0.15) is 4.37 Å². The molecule has 2 rings (SSSR count). The van der Waals surface area contributed by atoms with Crippen LogP contribution in [0.5, 0.6) is 11.6 Å². The zero-order chi connectivity index (χ0) is 12.4. The summed E-state index contributed by atoms with van der Waals surface area (Å²) in [6.07, 6.45) is 0. The standard InChI is InChI=1S/C8H3ClFN3O3S/c9-7-8(12-17-11-7)16-6-3-4(10)1-2-5(6)13(14)15/h1-3H. The summed E-state index contributed by atoms with van der Waals surface area (Å²) < 4.78 is 25.3. The zero-order valence-electron chi connectivity index (χ0n) is 7.96. The number of nitro benzene ring substituents is 1. The molecule has 0 aliphatic rings. The molecule has 0 spiro atoms. The largest absolute Gasteiger partial charge is 0.428 e. The highest BCUT2D eigenvalue weighted by molar-refractivity contribution is 6.99. The van der Waals surface area contributed by atoms with E-state index in [-0.39, 0.29) is 22.5 Å². The molecular weight excluding hydrogens is 273 g/mol. The van der Waals surface area contributed by atoms with E-state index in [9.17, 15) is 14.5 Å². The van der Waals surface area contributed by atoms with Gasteiger partial charge in [0.1, 0.15) is 5.82 Å². The van der Waals surface area contributed by atoms with Crippen molar-refractivity contribution in [2.75, 3.05) is 0 Å². The summed E-state index contributed by atoms with van der Waals surface area (Å²) in [5.74, 6) is -1.03. The minimum atomic E-state index is -0.692. The van der Waals surface area contributed by atoms with Gasteiger partial charge in [-0.05, 0) is 6.07 Å². The molecule has 0 unspecified atom stereocenters. The summed E-state index contributed by atoms with van der Waals surface area (Å²) >= 11 is 6.39. The van der Waals surface area contributed by atoms with Crippen molar-refractivity contribution >= 4 is 29.0 Å². The first-order valence-electron chi connectivity index (χ1n) is 4.18. The molecule has 0 N–H and O–H groups in total. The lowest BCUT2D eigenvalue weighted by Crippen LogP contribution is -1.94. The van der Waals surface area contributed by atoms with Gasteiger partial charge in [0, 0.05) is 12.1 Å². The molecule has 0 aliphatic carbocycles. The molecule has 0 aliphatic heterocycles. The van der Waals surface area contributed by atoms with Crippen molar-refractivity contribution in [3.8, 4) is 11.6 Å². The van der Waals surface area contributed by atoms with Gasteiger partial charge in [-0.3, -0.25) is 10.1 Å². The highest BCUT2D eigenvalue weighted by Crippen LogP contribution is 2.33. The SMILES string of the molecule is O=[N+]([O-])c1ccc(F)cc1Oc1nsnc1Cl. The third kappa shape index (κ3) is 2.48. The number of hydrogen-bond acceptors (Lipinski definition) is 6. The second-order valence-corrected chi connectivity index (χ2v) is 3.72. The zero-order valence-corrected chi connectivity index (χ0v) is 9.54. The number of nitrogens with zero attached hydrogens (tertiary/aromatic N) is 3. The Morgan fingerprint density at radius 2 is 2.24 bits per heavy atom. The van der Waals surface area contributed by atoms with Crippen LogP contribution in [-0.4, -0.2) is 13.7 Å². The summed E-state index contributed by atoms with van der Waals surface area (Å²) in [7, 11) is 0. The van der Waals surface area contributed by atoms with Gasteiger partial charge in [0.15, 0.2) is 0 Å². The lowest BCUT2D eigenvalue weighted by molar-refractivity contribution is -0.385. The van der Waals surface area contributed by atoms with Crippen molar-refractivity contribution in [2.45, 2.75) is 0 Å². The number of nitro groups is 1. The fourth-order valence-electron chi connectivity index (χ4n) is 1.06. The van der Waals surface area contributed by atoms with Gasteiger partial charge >= 0.3 is 5.69 Å². The molecule has 0 bridgehead atoms. The summed E-state index contributed by atoms with van der Waals surface area (Å²) in [5, 5.41) is 10.6. The van der Waals surface area contributed by atoms with E-state index in [1.54, 1.807) is 0 Å². The molecule has 0 fully saturated rings. The monoisotopic (exact) mass is 275 g/mol. The highest BCUT2D eigenvalue weighted by Gasteiger charge is 2.19. The van der Waals surface area contributed by atoms with Gasteiger partial charge in [-0.25, -0.2) is 4.39 Å². The van der Waals surface area contributed by atoms with Crippen molar-refractivity contribution in [3.63, 3.8) is 0 Å². The van der Waals surface area contributed by atoms with Crippen LogP contribution in [0, 0.1) is 15.9 Å². The topological polar surface area (TPSA) is 78.2 Å². The molecular formula is C8H3ClFN3O3S. The lowest BCUT2D eigenvalue weighted by atomic mass is 10.3. The molecule has 0 saturated heterocycles. The van der Waals surface area contributed by atoms with E-state index in [4.69, 9.17) is 16.3 Å². The molecule has 1 aromatic carbocycles. The number of aromatic nitrogens is 2. The molecule has 1 aromatic heterocycles. The van der Waals surface area contributed by atoms with E-state index in [2.05, 4.69) is 8.75 Å². The van der Waals surface area contributed by atoms with E-state index in [0.29, 0.717) is 0 Å². The van der Waals surface area contributed by atoms with Gasteiger partial charge in [0.05, 0.1) is 16.7 Å². The van der Waals surface area contributed by atoms with Crippen LogP contribution in [0.1, 0.15) is 0 Å². The van der Waals surface area contributed by atoms with Crippen LogP contribution in [0.2, 0.25) is 5.15 Å². The molecule has 0 atom stereocenters. The van der Waals surface area contributed by atoms with Crippen LogP contribution in [0.3, 0.4) is 0 Å². The summed E-state index contributed by atoms with van der Waals surface area (Å²) in [4.78, 5) is 9.99. The molecule has 17 heavy (non-hydrogen) atoms. The van der Waals surface area contributed by atoms with E-state index >= 15 is 0 Å². The number of rotatable bonds is 3. The maximum atomic E-state index is 13.0. The Hall–Kier alpha value is -1.80. The predicted molar refractivity (Wildman–Crippen MR) is 58.0 cm³/mol. The molecule has 88 valence electrons. The number of benzene rings is 1. The minimum absolute atomic E-state index is 0.0337. The predicted octanol–water partition coefficient (Wildman–Crippen LogP) is 3.03. The first-order chi connectivity index (χ1) is 8.08. The van der Waals surface area contributed by atoms with E-state index < -0.39 is 10.7 Å². The molecule has 6 nitrogen and oxygen atoms in total. The van der Waals surface area contributed by atoms with E-state index in [1.807, 2.05) is 0 Å². The second-order valence-electron chi connectivity index (χ2n) is 2.83. The number of hydrogen-bond donors (Lipinski definition) is 0. The number of halogens is 2. The minimum Gasteiger partial charge on any atom is -0.428 e. The average Bonchev–Trinajstić information content (AvgIpc) is 2.64. The molecule has 0 saturated carbocycles. The van der Waals surface area contributed by atoms with Crippen LogP contribution < -0.4 is 4.74 Å². The second kappa shape index (κ2) is 4.60. The Labute approximate surface area is 103 Å². The molecule has 2 aromatic rings. The van der Waals surface area contributed by atoms with Crippen LogP contribution >= 0.6 is 23.3 Å². The molecule has 0 radical (unpaired) electrons. The van der Waals surface area contributed by atoms with Gasteiger partial charge in [0.25, 0.3) is 5.88 Å². The Balaban J connectivity index is 2.41. The van der Waals surface area contributed by atoms with Crippen LogP contribution in [0.15, 0.2) is 18.2 Å². The fraction of sp³-hybridized carbons (Fsp3) is 0. The Morgan fingerprint density at radius 3 is 2.82 bits per heavy atom. The van der Waals surface area contributed by atoms with Crippen molar-refractivity contribution < 1.29 is 14.1 Å². The Bertz CT molecular complexity index is 577. The highest BCUT2D eigenvalue weighted by atomic mass is 35.5. The van der Waals surface area contributed by atoms with Gasteiger partial charge in [-0.15, -0.1) is 4.37 Å². The average molecular weight is 276 g/mol. The van der Waals surface area contributed by atoms with Crippen molar-refractivity contribution in [1.29, 1.82) is 0 Å². The number of ether oxygens (including phenoxy) is 1. The van der Waals surface area contributed by atoms with Crippen LogP contribution in [0.4, 0.5) is 10.1 Å². The van der Waals surface area contributed by atoms with Gasteiger partial charge in [-0.1, -0.05) is 11.6 Å². The first kappa shape index (κ1) is 11.7. The normalized spacial score (nSPS) is 10.2. The van der Waals surface area contributed by atoms with Crippen LogP contribution in [-0.2, 0) is 0 Å². The maximum absolute atomic E-state index is 13.0. The third-order valence-electron chi connectivity index (χ3n) is 1.75. The quantitative estimate of drug-likeness (QED) is 0.635. The van der Waals surface area contributed by atoms with E-state index in [1.165, 1.54) is 0 Å². The summed E-state index contributed by atoms with van der Waals surface area (Å²) in [6, 6.07) is 2.85. The lowest BCUT2D eigenvalue weighted by Gasteiger charge is -2.02. The Morgan fingerprint density at radius 1 is 1.47 bits per heavy atom. The summed E-state index contributed by atoms with van der Waals surface area (Å²) in [5.41, 5.74) is -0.379. The molecule has 9 heteroatoms. The Kier molecular flexibility index (Phi) is 3.16. The maximum Gasteiger partial charge on any atom is 0.311 e.